The van der Waals surface area contributed by atoms with E-state index in [0.717, 1.165) is 0 Å². The second kappa shape index (κ2) is 8.09. The third kappa shape index (κ3) is 4.35. The van der Waals surface area contributed by atoms with Crippen molar-refractivity contribution in [3.63, 3.8) is 0 Å². The van der Waals surface area contributed by atoms with E-state index >= 15 is 0 Å². The largest absolute Gasteiger partial charge is 0.506 e. The number of benzene rings is 2. The van der Waals surface area contributed by atoms with Crippen LogP contribution < -0.4 is 14.9 Å². The summed E-state index contributed by atoms with van der Waals surface area (Å²) < 4.78 is 10.3. The Labute approximate surface area is 155 Å². The molecule has 0 radical (unpaired) electrons. The molecule has 0 unspecified atom stereocenters. The van der Waals surface area contributed by atoms with E-state index in [-0.39, 0.29) is 10.8 Å². The molecule has 2 rings (SSSR count). The third-order valence-corrected chi connectivity index (χ3v) is 3.90. The van der Waals surface area contributed by atoms with Gasteiger partial charge in [-0.3, -0.25) is 4.79 Å². The predicted octanol–water partition coefficient (Wildman–Crippen LogP) is 3.87. The molecule has 0 saturated heterocycles. The van der Waals surface area contributed by atoms with Crippen LogP contribution in [0.25, 0.3) is 0 Å². The fourth-order valence-corrected chi connectivity index (χ4v) is 2.57. The zero-order valence-electron chi connectivity index (χ0n) is 13.8. The number of amides is 1. The van der Waals surface area contributed by atoms with Crippen molar-refractivity contribution in [2.45, 2.75) is 6.92 Å². The summed E-state index contributed by atoms with van der Waals surface area (Å²) in [6.45, 7) is 1.61. The second-order valence-electron chi connectivity index (χ2n) is 4.99. The molecule has 132 valence electrons. The lowest BCUT2D eigenvalue weighted by Gasteiger charge is -2.09. The van der Waals surface area contributed by atoms with Crippen LogP contribution in [0.1, 0.15) is 22.8 Å². The number of nitrogens with zero attached hydrogens (tertiary/aromatic N) is 1. The molecule has 1 amide bonds. The van der Waals surface area contributed by atoms with E-state index in [1.807, 2.05) is 0 Å². The summed E-state index contributed by atoms with van der Waals surface area (Å²) in [4.78, 5) is 12.2. The molecular weight excluding hydrogens is 367 g/mol. The van der Waals surface area contributed by atoms with Crippen LogP contribution in [0, 0.1) is 0 Å². The summed E-state index contributed by atoms with van der Waals surface area (Å²) in [5, 5.41) is 14.4. The van der Waals surface area contributed by atoms with Crippen molar-refractivity contribution >= 4 is 34.8 Å². The van der Waals surface area contributed by atoms with Crippen molar-refractivity contribution in [1.29, 1.82) is 0 Å². The standard InChI is InChI=1S/C17H16Cl2N2O4/c1-9(12-7-11(18)8-13(19)16(12)22)20-21-17(23)10-4-5-14(24-2)15(6-10)25-3/h4-8,22H,1-3H3,(H,21,23). The molecular formula is C17H16Cl2N2O4. The molecule has 0 heterocycles. The normalized spacial score (nSPS) is 11.2. The van der Waals surface area contributed by atoms with Gasteiger partial charge < -0.3 is 14.6 Å². The molecule has 0 fully saturated rings. The Balaban J connectivity index is 2.22. The van der Waals surface area contributed by atoms with Gasteiger partial charge in [-0.15, -0.1) is 0 Å². The quantitative estimate of drug-likeness (QED) is 0.607. The Morgan fingerprint density at radius 2 is 1.80 bits per heavy atom. The van der Waals surface area contributed by atoms with E-state index in [9.17, 15) is 9.90 Å². The molecule has 0 aliphatic heterocycles. The maximum absolute atomic E-state index is 12.2. The number of hydrogen-bond donors (Lipinski definition) is 2. The first-order valence-electron chi connectivity index (χ1n) is 7.12. The molecule has 0 aliphatic carbocycles. The number of methoxy groups -OCH3 is 2. The smallest absolute Gasteiger partial charge is 0.271 e. The minimum atomic E-state index is -0.451. The molecule has 0 aliphatic rings. The number of halogens is 2. The van der Waals surface area contributed by atoms with Gasteiger partial charge in [-0.05, 0) is 37.3 Å². The van der Waals surface area contributed by atoms with Gasteiger partial charge in [-0.25, -0.2) is 5.43 Å². The van der Waals surface area contributed by atoms with Crippen LogP contribution in [-0.4, -0.2) is 30.9 Å². The number of aromatic hydroxyl groups is 1. The molecule has 8 heteroatoms. The van der Waals surface area contributed by atoms with E-state index in [0.29, 0.717) is 33.4 Å². The van der Waals surface area contributed by atoms with Crippen molar-refractivity contribution in [3.8, 4) is 17.2 Å². The van der Waals surface area contributed by atoms with Gasteiger partial charge in [0.05, 0.1) is 25.0 Å². The molecule has 2 aromatic rings. The molecule has 6 nitrogen and oxygen atoms in total. The van der Waals surface area contributed by atoms with Crippen molar-refractivity contribution in [1.82, 2.24) is 5.43 Å². The van der Waals surface area contributed by atoms with Gasteiger partial charge in [-0.1, -0.05) is 23.2 Å². The molecule has 0 spiro atoms. The van der Waals surface area contributed by atoms with Crippen LogP contribution in [0.5, 0.6) is 17.2 Å². The van der Waals surface area contributed by atoms with E-state index in [4.69, 9.17) is 32.7 Å². The lowest BCUT2D eigenvalue weighted by molar-refractivity contribution is 0.0954. The highest BCUT2D eigenvalue weighted by atomic mass is 35.5. The molecule has 0 aromatic heterocycles. The number of hydrazone groups is 1. The zero-order chi connectivity index (χ0) is 18.6. The van der Waals surface area contributed by atoms with E-state index in [1.54, 1.807) is 19.1 Å². The van der Waals surface area contributed by atoms with Gasteiger partial charge in [-0.2, -0.15) is 5.10 Å². The van der Waals surface area contributed by atoms with Crippen LogP contribution >= 0.6 is 23.2 Å². The minimum Gasteiger partial charge on any atom is -0.506 e. The van der Waals surface area contributed by atoms with Gasteiger partial charge >= 0.3 is 0 Å². The third-order valence-electron chi connectivity index (χ3n) is 3.39. The summed E-state index contributed by atoms with van der Waals surface area (Å²) in [6, 6.07) is 7.65. The van der Waals surface area contributed by atoms with Crippen molar-refractivity contribution in [2.24, 2.45) is 5.10 Å². The molecule has 25 heavy (non-hydrogen) atoms. The van der Waals surface area contributed by atoms with Crippen molar-refractivity contribution in [3.05, 3.63) is 51.5 Å². The maximum atomic E-state index is 12.2. The molecule has 0 saturated carbocycles. The van der Waals surface area contributed by atoms with Crippen LogP contribution in [0.15, 0.2) is 35.4 Å². The Hall–Kier alpha value is -2.44. The molecule has 0 bridgehead atoms. The monoisotopic (exact) mass is 382 g/mol. The summed E-state index contributed by atoms with van der Waals surface area (Å²) in [7, 11) is 2.99. The van der Waals surface area contributed by atoms with Crippen LogP contribution in [0.4, 0.5) is 0 Å². The van der Waals surface area contributed by atoms with Crippen LogP contribution in [0.3, 0.4) is 0 Å². The average Bonchev–Trinajstić information content (AvgIpc) is 2.61. The number of carbonyl (C=O) groups excluding carboxylic acids is 1. The first-order valence-corrected chi connectivity index (χ1v) is 7.88. The highest BCUT2D eigenvalue weighted by Crippen LogP contribution is 2.31. The first kappa shape index (κ1) is 18.9. The highest BCUT2D eigenvalue weighted by molar-refractivity contribution is 6.36. The van der Waals surface area contributed by atoms with E-state index < -0.39 is 5.91 Å². The predicted molar refractivity (Wildman–Crippen MR) is 97.4 cm³/mol. The second-order valence-corrected chi connectivity index (χ2v) is 5.84. The number of rotatable bonds is 5. The topological polar surface area (TPSA) is 80.2 Å². The number of phenols is 1. The molecule has 2 N–H and O–H groups in total. The van der Waals surface area contributed by atoms with Crippen molar-refractivity contribution < 1.29 is 19.4 Å². The molecule has 0 atom stereocenters. The first-order chi connectivity index (χ1) is 11.9. The number of phenolic OH excluding ortho intramolecular Hbond substituents is 1. The zero-order valence-corrected chi connectivity index (χ0v) is 15.3. The molecule has 2 aromatic carbocycles. The Kier molecular flexibility index (Phi) is 6.12. The maximum Gasteiger partial charge on any atom is 0.271 e. The fraction of sp³-hybridized carbons (Fsp3) is 0.176. The Morgan fingerprint density at radius 3 is 2.44 bits per heavy atom. The fourth-order valence-electron chi connectivity index (χ4n) is 2.08. The lowest BCUT2D eigenvalue weighted by atomic mass is 10.1. The van der Waals surface area contributed by atoms with Gasteiger partial charge in [0.2, 0.25) is 0 Å². The number of nitrogens with one attached hydrogen (secondary N) is 1. The number of hydrogen-bond acceptors (Lipinski definition) is 5. The highest BCUT2D eigenvalue weighted by Gasteiger charge is 2.13. The summed E-state index contributed by atoms with van der Waals surface area (Å²) >= 11 is 11.8. The minimum absolute atomic E-state index is 0.100. The average molecular weight is 383 g/mol. The van der Waals surface area contributed by atoms with Gasteiger partial charge in [0.25, 0.3) is 5.91 Å². The number of ether oxygens (including phenoxy) is 2. The van der Waals surface area contributed by atoms with Crippen LogP contribution in [0.2, 0.25) is 10.0 Å². The van der Waals surface area contributed by atoms with Gasteiger partial charge in [0, 0.05) is 16.1 Å². The van der Waals surface area contributed by atoms with Crippen molar-refractivity contribution in [2.75, 3.05) is 14.2 Å². The van der Waals surface area contributed by atoms with Gasteiger partial charge in [0.15, 0.2) is 11.5 Å². The summed E-state index contributed by atoms with van der Waals surface area (Å²) in [5.74, 6) is 0.327. The summed E-state index contributed by atoms with van der Waals surface area (Å²) in [6.07, 6.45) is 0. The Bertz CT molecular complexity index is 838. The van der Waals surface area contributed by atoms with E-state index in [2.05, 4.69) is 10.5 Å². The number of carbonyl (C=O) groups is 1. The van der Waals surface area contributed by atoms with Crippen LogP contribution in [-0.2, 0) is 0 Å². The van der Waals surface area contributed by atoms with E-state index in [1.165, 1.54) is 32.4 Å². The lowest BCUT2D eigenvalue weighted by Crippen LogP contribution is -2.19. The van der Waals surface area contributed by atoms with Gasteiger partial charge in [0.1, 0.15) is 5.75 Å². The SMILES string of the molecule is COc1ccc(C(=O)NN=C(C)c2cc(Cl)cc(Cl)c2O)cc1OC. The summed E-state index contributed by atoms with van der Waals surface area (Å²) in [5.41, 5.74) is 3.41. The Morgan fingerprint density at radius 1 is 1.12 bits per heavy atom.